The van der Waals surface area contributed by atoms with Crippen LogP contribution in [-0.2, 0) is 19.6 Å². The molecule has 0 unspecified atom stereocenters. The van der Waals surface area contributed by atoms with Crippen LogP contribution in [0, 0.1) is 0 Å². The summed E-state index contributed by atoms with van der Waals surface area (Å²) < 4.78 is 33.1. The molecule has 2 aliphatic rings. The van der Waals surface area contributed by atoms with Gasteiger partial charge in [-0.3, -0.25) is 19.3 Å². The minimum Gasteiger partial charge on any atom is -0.478 e. The lowest BCUT2D eigenvalue weighted by Gasteiger charge is -2.25. The molecule has 2 aromatic carbocycles. The smallest absolute Gasteiger partial charge is 0.266 e. The van der Waals surface area contributed by atoms with E-state index in [9.17, 15) is 18.0 Å². The molecular formula is C20H20N4O5S. The van der Waals surface area contributed by atoms with Crippen LogP contribution in [-0.4, -0.2) is 38.7 Å². The highest BCUT2D eigenvalue weighted by Gasteiger charge is 2.29. The number of rotatable bonds is 5. The predicted octanol–water partition coefficient (Wildman–Crippen LogP) is 1.89. The second-order valence-corrected chi connectivity index (χ2v) is 8.59. The summed E-state index contributed by atoms with van der Waals surface area (Å²) in [6.07, 6.45) is 0.206. The summed E-state index contributed by atoms with van der Waals surface area (Å²) in [5.74, 6) is 0.0352. The number of anilines is 2. The van der Waals surface area contributed by atoms with Crippen molar-refractivity contribution in [1.82, 2.24) is 4.72 Å². The normalized spacial score (nSPS) is 17.9. The minimum atomic E-state index is -3.79. The number of para-hydroxylation sites is 2. The Balaban J connectivity index is 1.41. The van der Waals surface area contributed by atoms with E-state index < -0.39 is 27.9 Å². The Kier molecular flexibility index (Phi) is 5.40. The van der Waals surface area contributed by atoms with Crippen LogP contribution in [0.5, 0.6) is 5.75 Å². The van der Waals surface area contributed by atoms with Gasteiger partial charge in [0.1, 0.15) is 11.6 Å². The van der Waals surface area contributed by atoms with Gasteiger partial charge in [0.2, 0.25) is 5.91 Å². The van der Waals surface area contributed by atoms with Crippen molar-refractivity contribution in [3.8, 4) is 5.75 Å². The molecule has 0 aliphatic carbocycles. The molecular weight excluding hydrogens is 408 g/mol. The van der Waals surface area contributed by atoms with Crippen LogP contribution in [0.1, 0.15) is 19.3 Å². The molecule has 9 nitrogen and oxygen atoms in total. The van der Waals surface area contributed by atoms with Crippen LogP contribution in [0.2, 0.25) is 0 Å². The fourth-order valence-electron chi connectivity index (χ4n) is 3.19. The van der Waals surface area contributed by atoms with Crippen LogP contribution < -0.4 is 20.1 Å². The molecule has 0 spiro atoms. The van der Waals surface area contributed by atoms with Gasteiger partial charge in [-0.25, -0.2) is 8.42 Å². The van der Waals surface area contributed by atoms with Gasteiger partial charge < -0.3 is 15.4 Å². The zero-order valence-electron chi connectivity index (χ0n) is 15.9. The summed E-state index contributed by atoms with van der Waals surface area (Å²) in [4.78, 5) is 28.7. The van der Waals surface area contributed by atoms with E-state index in [2.05, 4.69) is 20.3 Å². The summed E-state index contributed by atoms with van der Waals surface area (Å²) in [6, 6.07) is 12.8. The first-order chi connectivity index (χ1) is 14.4. The predicted molar refractivity (Wildman–Crippen MR) is 111 cm³/mol. The number of hydrogen-bond acceptors (Lipinski definition) is 6. The highest BCUT2D eigenvalue weighted by Crippen LogP contribution is 2.29. The van der Waals surface area contributed by atoms with E-state index in [4.69, 9.17) is 4.74 Å². The number of nitrogens with one attached hydrogen (secondary N) is 3. The molecule has 2 heterocycles. The van der Waals surface area contributed by atoms with Gasteiger partial charge in [-0.15, -0.1) is 0 Å². The number of amides is 2. The van der Waals surface area contributed by atoms with Crippen molar-refractivity contribution in [3.05, 3.63) is 48.5 Å². The molecule has 4 rings (SSSR count). The quantitative estimate of drug-likeness (QED) is 0.670. The maximum atomic E-state index is 12.5. The fraction of sp³-hybridized carbons (Fsp3) is 0.250. The van der Waals surface area contributed by atoms with Crippen molar-refractivity contribution in [2.24, 2.45) is 4.99 Å². The molecule has 1 atom stereocenters. The molecule has 10 heteroatoms. The third kappa shape index (κ3) is 4.43. The topological polar surface area (TPSA) is 126 Å². The molecule has 2 aliphatic heterocycles. The Hall–Kier alpha value is -3.40. The molecule has 2 aromatic rings. The van der Waals surface area contributed by atoms with Gasteiger partial charge in [0, 0.05) is 18.7 Å². The Morgan fingerprint density at radius 1 is 1.20 bits per heavy atom. The molecule has 0 saturated heterocycles. The molecule has 0 bridgehead atoms. The largest absolute Gasteiger partial charge is 0.478 e. The average Bonchev–Trinajstić information content (AvgIpc) is 3.21. The lowest BCUT2D eigenvalue weighted by molar-refractivity contribution is -0.128. The number of carbonyl (C=O) groups is 2. The van der Waals surface area contributed by atoms with Crippen molar-refractivity contribution < 1.29 is 22.7 Å². The van der Waals surface area contributed by atoms with Crippen LogP contribution in [0.4, 0.5) is 11.4 Å². The monoisotopic (exact) mass is 428 g/mol. The maximum Gasteiger partial charge on any atom is 0.266 e. The lowest BCUT2D eigenvalue weighted by atomic mass is 10.1. The van der Waals surface area contributed by atoms with Crippen molar-refractivity contribution >= 4 is 39.0 Å². The van der Waals surface area contributed by atoms with E-state index in [0.717, 1.165) is 6.42 Å². The number of nitrogens with zero attached hydrogens (tertiary/aromatic N) is 1. The molecule has 0 saturated carbocycles. The van der Waals surface area contributed by atoms with Crippen molar-refractivity contribution in [2.45, 2.75) is 30.3 Å². The molecule has 0 aromatic heterocycles. The van der Waals surface area contributed by atoms with Gasteiger partial charge in [0.05, 0.1) is 17.0 Å². The summed E-state index contributed by atoms with van der Waals surface area (Å²) in [6.45, 7) is 0.606. The number of ether oxygens (including phenoxy) is 1. The third-order valence-corrected chi connectivity index (χ3v) is 6.01. The highest BCUT2D eigenvalue weighted by atomic mass is 32.2. The number of aliphatic imine (C=N–C) groups is 1. The summed E-state index contributed by atoms with van der Waals surface area (Å²) in [5, 5.41) is 5.32. The Morgan fingerprint density at radius 3 is 2.83 bits per heavy atom. The van der Waals surface area contributed by atoms with Crippen molar-refractivity contribution in [2.75, 3.05) is 17.2 Å². The second-order valence-electron chi connectivity index (χ2n) is 6.91. The summed E-state index contributed by atoms with van der Waals surface area (Å²) in [7, 11) is -3.79. The van der Waals surface area contributed by atoms with Gasteiger partial charge >= 0.3 is 0 Å². The van der Waals surface area contributed by atoms with E-state index in [0.29, 0.717) is 35.9 Å². The van der Waals surface area contributed by atoms with E-state index in [1.165, 1.54) is 18.2 Å². The first-order valence-electron chi connectivity index (χ1n) is 9.43. The summed E-state index contributed by atoms with van der Waals surface area (Å²) in [5.41, 5.74) is 0.851. The summed E-state index contributed by atoms with van der Waals surface area (Å²) >= 11 is 0. The van der Waals surface area contributed by atoms with Crippen molar-refractivity contribution in [3.63, 3.8) is 0 Å². The van der Waals surface area contributed by atoms with E-state index in [1.807, 2.05) is 0 Å². The number of sulfonamides is 1. The first kappa shape index (κ1) is 19.9. The SMILES string of the molecule is O=C(C[C@@H]1Oc2ccccc2NC1=O)Nc1cccc(S(=O)(=O)NC2=NCCC2)c1. The molecule has 3 N–H and O–H groups in total. The van der Waals surface area contributed by atoms with Gasteiger partial charge in [-0.05, 0) is 36.8 Å². The second kappa shape index (κ2) is 8.15. The van der Waals surface area contributed by atoms with Crippen LogP contribution >= 0.6 is 0 Å². The molecule has 30 heavy (non-hydrogen) atoms. The maximum absolute atomic E-state index is 12.5. The standard InChI is InChI=1S/C20H20N4O5S/c25-19(12-17-20(26)23-15-7-1-2-8-16(15)29-17)22-13-5-3-6-14(11-13)30(27,28)24-18-9-4-10-21-18/h1-3,5-8,11,17H,4,9-10,12H2,(H,21,24)(H,22,25)(H,23,26)/t17-/m0/s1. The number of fused-ring (bicyclic) bond motifs is 1. The Labute approximate surface area is 173 Å². The molecule has 2 amide bonds. The Bertz CT molecular complexity index is 1130. The van der Waals surface area contributed by atoms with Crippen LogP contribution in [0.3, 0.4) is 0 Å². The van der Waals surface area contributed by atoms with Crippen LogP contribution in [0.15, 0.2) is 58.4 Å². The van der Waals surface area contributed by atoms with Crippen molar-refractivity contribution in [1.29, 1.82) is 0 Å². The third-order valence-electron chi connectivity index (χ3n) is 4.63. The molecule has 0 fully saturated rings. The van der Waals surface area contributed by atoms with Gasteiger partial charge in [-0.1, -0.05) is 18.2 Å². The fourth-order valence-corrected chi connectivity index (χ4v) is 4.32. The van der Waals surface area contributed by atoms with Gasteiger partial charge in [0.25, 0.3) is 15.9 Å². The van der Waals surface area contributed by atoms with E-state index in [-0.39, 0.29) is 11.3 Å². The Morgan fingerprint density at radius 2 is 2.03 bits per heavy atom. The molecule has 0 radical (unpaired) electrons. The first-order valence-corrected chi connectivity index (χ1v) is 10.9. The number of hydrogen-bond donors (Lipinski definition) is 3. The van der Waals surface area contributed by atoms with Gasteiger partial charge in [-0.2, -0.15) is 0 Å². The average molecular weight is 428 g/mol. The zero-order valence-corrected chi connectivity index (χ0v) is 16.7. The van der Waals surface area contributed by atoms with Crippen LogP contribution in [0.25, 0.3) is 0 Å². The lowest BCUT2D eigenvalue weighted by Crippen LogP contribution is -2.39. The van der Waals surface area contributed by atoms with E-state index in [1.54, 1.807) is 30.3 Å². The minimum absolute atomic E-state index is 0.00971. The zero-order chi connectivity index (χ0) is 21.1. The highest BCUT2D eigenvalue weighted by molar-refractivity contribution is 7.90. The number of benzene rings is 2. The number of carbonyl (C=O) groups excluding carboxylic acids is 2. The van der Waals surface area contributed by atoms with E-state index >= 15 is 0 Å². The number of amidine groups is 1. The van der Waals surface area contributed by atoms with Gasteiger partial charge in [0.15, 0.2) is 6.10 Å². The molecule has 156 valence electrons.